The molecule has 1 unspecified atom stereocenters. The van der Waals surface area contributed by atoms with Gasteiger partial charge in [0, 0.05) is 5.56 Å². The molecule has 3 heteroatoms. The first kappa shape index (κ1) is 11.8. The molecule has 0 aliphatic heterocycles. The average molecular weight is 208 g/mol. The van der Waals surface area contributed by atoms with E-state index in [1.54, 1.807) is 6.92 Å². The summed E-state index contributed by atoms with van der Waals surface area (Å²) >= 11 is 0. The van der Waals surface area contributed by atoms with E-state index >= 15 is 0 Å². The minimum atomic E-state index is -1.27. The van der Waals surface area contributed by atoms with Crippen LogP contribution in [0.5, 0.6) is 0 Å². The Morgan fingerprint density at radius 3 is 2.60 bits per heavy atom. The first-order chi connectivity index (χ1) is 7.17. The van der Waals surface area contributed by atoms with Gasteiger partial charge in [0.25, 0.3) is 0 Å². The van der Waals surface area contributed by atoms with E-state index in [1.165, 1.54) is 6.26 Å². The molecule has 0 fully saturated rings. The third-order valence-electron chi connectivity index (χ3n) is 2.01. The molecule has 1 aromatic carbocycles. The second-order valence-corrected chi connectivity index (χ2v) is 3.23. The van der Waals surface area contributed by atoms with E-state index in [9.17, 15) is 5.11 Å². The Kier molecular flexibility index (Phi) is 4.34. The lowest BCUT2D eigenvalue weighted by molar-refractivity contribution is -0.203. The molecular formula is C12H16O3. The number of hydrogen-bond acceptors (Lipinski definition) is 3. The highest BCUT2D eigenvalue weighted by atomic mass is 16.6. The third-order valence-corrected chi connectivity index (χ3v) is 2.01. The van der Waals surface area contributed by atoms with Crippen molar-refractivity contribution in [1.29, 1.82) is 0 Å². The molecule has 1 N–H and O–H groups in total. The van der Waals surface area contributed by atoms with Crippen LogP contribution in [-0.2, 0) is 15.3 Å². The maximum absolute atomic E-state index is 9.98. The van der Waals surface area contributed by atoms with E-state index in [0.717, 1.165) is 5.56 Å². The van der Waals surface area contributed by atoms with Gasteiger partial charge in [-0.25, -0.2) is 0 Å². The van der Waals surface area contributed by atoms with Crippen LogP contribution in [0.2, 0.25) is 0 Å². The molecule has 82 valence electrons. The zero-order valence-corrected chi connectivity index (χ0v) is 8.85. The Hall–Kier alpha value is -1.32. The van der Waals surface area contributed by atoms with Gasteiger partial charge in [-0.2, -0.15) is 0 Å². The van der Waals surface area contributed by atoms with Crippen LogP contribution in [0.3, 0.4) is 0 Å². The maximum Gasteiger partial charge on any atom is 0.189 e. The van der Waals surface area contributed by atoms with Gasteiger partial charge in [-0.3, -0.25) is 0 Å². The fourth-order valence-corrected chi connectivity index (χ4v) is 1.20. The zero-order chi connectivity index (χ0) is 11.1. The summed E-state index contributed by atoms with van der Waals surface area (Å²) in [5.41, 5.74) is 0.726. The smallest absolute Gasteiger partial charge is 0.189 e. The molecule has 0 spiro atoms. The molecule has 1 rings (SSSR count). The van der Waals surface area contributed by atoms with Gasteiger partial charge in [0.15, 0.2) is 5.79 Å². The highest BCUT2D eigenvalue weighted by Crippen LogP contribution is 2.21. The summed E-state index contributed by atoms with van der Waals surface area (Å²) < 4.78 is 10.2. The molecule has 0 heterocycles. The Morgan fingerprint density at radius 1 is 1.33 bits per heavy atom. The molecule has 0 saturated carbocycles. The molecule has 1 aromatic rings. The summed E-state index contributed by atoms with van der Waals surface area (Å²) in [6, 6.07) is 9.23. The van der Waals surface area contributed by atoms with E-state index < -0.39 is 5.79 Å². The van der Waals surface area contributed by atoms with Gasteiger partial charge in [0.1, 0.15) is 6.61 Å². The van der Waals surface area contributed by atoms with E-state index in [0.29, 0.717) is 13.2 Å². The topological polar surface area (TPSA) is 38.7 Å². The predicted octanol–water partition coefficient (Wildman–Crippen LogP) is 2.03. The summed E-state index contributed by atoms with van der Waals surface area (Å²) in [6.07, 6.45) is 1.35. The maximum atomic E-state index is 9.98. The fraction of sp³-hybridized carbons (Fsp3) is 0.333. The molecule has 0 aliphatic carbocycles. The summed E-state index contributed by atoms with van der Waals surface area (Å²) in [5, 5.41) is 9.98. The van der Waals surface area contributed by atoms with Crippen molar-refractivity contribution >= 4 is 0 Å². The lowest BCUT2D eigenvalue weighted by Crippen LogP contribution is -2.26. The van der Waals surface area contributed by atoms with Crippen LogP contribution in [0.15, 0.2) is 43.2 Å². The molecule has 1 atom stereocenters. The molecule has 0 aromatic heterocycles. The lowest BCUT2D eigenvalue weighted by atomic mass is 10.1. The van der Waals surface area contributed by atoms with E-state index in [-0.39, 0.29) is 0 Å². The van der Waals surface area contributed by atoms with Crippen LogP contribution in [0.25, 0.3) is 0 Å². The standard InChI is InChI=1S/C12H16O3/c1-3-14-9-10-15-12(2,13)11-7-5-4-6-8-11/h3-8,13H,1,9-10H2,2H3. The van der Waals surface area contributed by atoms with Crippen LogP contribution >= 0.6 is 0 Å². The quantitative estimate of drug-likeness (QED) is 0.441. The normalized spacial score (nSPS) is 14.3. The van der Waals surface area contributed by atoms with E-state index in [4.69, 9.17) is 9.47 Å². The third kappa shape index (κ3) is 3.73. The Balaban J connectivity index is 2.48. The summed E-state index contributed by atoms with van der Waals surface area (Å²) in [6.45, 7) is 5.71. The van der Waals surface area contributed by atoms with Crippen molar-refractivity contribution in [2.75, 3.05) is 13.2 Å². The zero-order valence-electron chi connectivity index (χ0n) is 8.85. The summed E-state index contributed by atoms with van der Waals surface area (Å²) in [7, 11) is 0. The molecule has 3 nitrogen and oxygen atoms in total. The van der Waals surface area contributed by atoms with Gasteiger partial charge in [0.05, 0.1) is 12.9 Å². The second-order valence-electron chi connectivity index (χ2n) is 3.23. The van der Waals surface area contributed by atoms with Gasteiger partial charge in [-0.05, 0) is 6.92 Å². The van der Waals surface area contributed by atoms with Crippen LogP contribution in [0.4, 0.5) is 0 Å². The van der Waals surface area contributed by atoms with Crippen LogP contribution in [0.1, 0.15) is 12.5 Å². The molecule has 0 radical (unpaired) electrons. The lowest BCUT2D eigenvalue weighted by Gasteiger charge is -2.23. The first-order valence-electron chi connectivity index (χ1n) is 4.81. The molecular weight excluding hydrogens is 192 g/mol. The molecule has 0 bridgehead atoms. The Labute approximate surface area is 90.0 Å². The van der Waals surface area contributed by atoms with Gasteiger partial charge >= 0.3 is 0 Å². The van der Waals surface area contributed by atoms with Crippen molar-refractivity contribution in [2.45, 2.75) is 12.7 Å². The van der Waals surface area contributed by atoms with E-state index in [2.05, 4.69) is 6.58 Å². The van der Waals surface area contributed by atoms with Gasteiger partial charge in [0.2, 0.25) is 0 Å². The number of aliphatic hydroxyl groups is 1. The van der Waals surface area contributed by atoms with Crippen LogP contribution in [-0.4, -0.2) is 18.3 Å². The highest BCUT2D eigenvalue weighted by molar-refractivity contribution is 5.18. The van der Waals surface area contributed by atoms with Crippen molar-refractivity contribution < 1.29 is 14.6 Å². The van der Waals surface area contributed by atoms with Crippen molar-refractivity contribution in [1.82, 2.24) is 0 Å². The van der Waals surface area contributed by atoms with E-state index in [1.807, 2.05) is 30.3 Å². The number of rotatable bonds is 6. The minimum Gasteiger partial charge on any atom is -0.499 e. The average Bonchev–Trinajstić information content (AvgIpc) is 2.26. The minimum absolute atomic E-state index is 0.313. The second kappa shape index (κ2) is 5.53. The first-order valence-corrected chi connectivity index (χ1v) is 4.81. The van der Waals surface area contributed by atoms with Crippen molar-refractivity contribution in [2.24, 2.45) is 0 Å². The van der Waals surface area contributed by atoms with Gasteiger partial charge in [-0.15, -0.1) is 0 Å². The molecule has 0 saturated heterocycles. The van der Waals surface area contributed by atoms with Crippen molar-refractivity contribution in [3.8, 4) is 0 Å². The monoisotopic (exact) mass is 208 g/mol. The van der Waals surface area contributed by atoms with Gasteiger partial charge in [-0.1, -0.05) is 36.9 Å². The molecule has 0 aliphatic rings. The van der Waals surface area contributed by atoms with Gasteiger partial charge < -0.3 is 14.6 Å². The summed E-state index contributed by atoms with van der Waals surface area (Å²) in [5.74, 6) is -1.27. The summed E-state index contributed by atoms with van der Waals surface area (Å²) in [4.78, 5) is 0. The molecule has 0 amide bonds. The number of benzene rings is 1. The number of hydrogen-bond donors (Lipinski definition) is 1. The highest BCUT2D eigenvalue weighted by Gasteiger charge is 2.22. The Bertz CT molecular complexity index is 293. The van der Waals surface area contributed by atoms with Crippen LogP contribution in [0, 0.1) is 0 Å². The Morgan fingerprint density at radius 2 is 2.00 bits per heavy atom. The predicted molar refractivity (Wildman–Crippen MR) is 58.1 cm³/mol. The SMILES string of the molecule is C=COCCOC(C)(O)c1ccccc1. The fourth-order valence-electron chi connectivity index (χ4n) is 1.20. The number of ether oxygens (including phenoxy) is 2. The largest absolute Gasteiger partial charge is 0.499 e. The van der Waals surface area contributed by atoms with Crippen LogP contribution < -0.4 is 0 Å². The van der Waals surface area contributed by atoms with Crippen molar-refractivity contribution in [3.05, 3.63) is 48.7 Å². The van der Waals surface area contributed by atoms with Crippen molar-refractivity contribution in [3.63, 3.8) is 0 Å². The molecule has 15 heavy (non-hydrogen) atoms.